The number of rotatable bonds is 11. The fourth-order valence-electron chi connectivity index (χ4n) is 6.41. The van der Waals surface area contributed by atoms with Gasteiger partial charge < -0.3 is 14.0 Å². The van der Waals surface area contributed by atoms with Gasteiger partial charge in [0.25, 0.3) is 0 Å². The van der Waals surface area contributed by atoms with Crippen LogP contribution in [0.1, 0.15) is 23.5 Å². The van der Waals surface area contributed by atoms with Gasteiger partial charge in [0.2, 0.25) is 0 Å². The summed E-state index contributed by atoms with van der Waals surface area (Å²) in [7, 11) is 2.01. The van der Waals surface area contributed by atoms with Crippen LogP contribution in [0.2, 0.25) is 0 Å². The third kappa shape index (κ3) is 6.47. The number of hydrogen-bond donors (Lipinski definition) is 1. The van der Waals surface area contributed by atoms with E-state index in [9.17, 15) is 4.79 Å². The summed E-state index contributed by atoms with van der Waals surface area (Å²) in [5.41, 5.74) is 7.86. The van der Waals surface area contributed by atoms with Gasteiger partial charge in [-0.2, -0.15) is 0 Å². The van der Waals surface area contributed by atoms with Crippen molar-refractivity contribution in [1.82, 2.24) is 14.5 Å². The minimum absolute atomic E-state index is 0.146. The summed E-state index contributed by atoms with van der Waals surface area (Å²) in [4.78, 5) is 22.8. The van der Waals surface area contributed by atoms with Crippen LogP contribution in [0.3, 0.4) is 0 Å². The number of ether oxygens (including phenoxy) is 2. The molecule has 50 heavy (non-hydrogen) atoms. The van der Waals surface area contributed by atoms with Crippen LogP contribution in [0.15, 0.2) is 127 Å². The number of imidazole rings is 1. The molecule has 0 bridgehead atoms. The van der Waals surface area contributed by atoms with E-state index in [4.69, 9.17) is 19.4 Å². The molecule has 0 saturated heterocycles. The highest BCUT2D eigenvalue weighted by atomic mass is 32.1. The zero-order valence-electron chi connectivity index (χ0n) is 27.4. The molecule has 0 fully saturated rings. The number of pyridine rings is 1. The van der Waals surface area contributed by atoms with E-state index in [1.807, 2.05) is 67.7 Å². The molecule has 5 aromatic carbocycles. The summed E-state index contributed by atoms with van der Waals surface area (Å²) in [6, 6.07) is 43.1. The molecule has 8 rings (SSSR count). The molecular formula is C42H33N3O3S2. The first-order valence-electron chi connectivity index (χ1n) is 16.5. The normalized spacial score (nSPS) is 11.4. The SMILES string of the molecule is Cn1c(COc2ccc(-c3c(CCC(=O)S)ccc(OCc4ccc5ccccc5n4)c3-c3cc4ccccc4s3)cc2)nc2ccccc21. The maximum atomic E-state index is 12.1. The molecule has 0 atom stereocenters. The fourth-order valence-corrected chi connectivity index (χ4v) is 7.64. The third-order valence-corrected chi connectivity index (χ3v) is 10.3. The van der Waals surface area contributed by atoms with Gasteiger partial charge in [0.05, 0.1) is 22.2 Å². The molecule has 6 nitrogen and oxygen atoms in total. The number of benzene rings is 5. The molecule has 246 valence electrons. The molecule has 8 heteroatoms. The maximum absolute atomic E-state index is 12.1. The minimum Gasteiger partial charge on any atom is -0.487 e. The molecule has 0 aliphatic rings. The van der Waals surface area contributed by atoms with Crippen molar-refractivity contribution < 1.29 is 14.3 Å². The Labute approximate surface area is 299 Å². The third-order valence-electron chi connectivity index (χ3n) is 8.96. The lowest BCUT2D eigenvalue weighted by molar-refractivity contribution is -0.110. The van der Waals surface area contributed by atoms with Gasteiger partial charge >= 0.3 is 0 Å². The Hall–Kier alpha value is -5.44. The summed E-state index contributed by atoms with van der Waals surface area (Å²) in [5.74, 6) is 2.35. The van der Waals surface area contributed by atoms with Crippen molar-refractivity contribution >= 4 is 61.1 Å². The highest BCUT2D eigenvalue weighted by Gasteiger charge is 2.21. The van der Waals surface area contributed by atoms with Crippen molar-refractivity contribution in [2.45, 2.75) is 26.1 Å². The van der Waals surface area contributed by atoms with Crippen molar-refractivity contribution in [3.05, 3.63) is 144 Å². The maximum Gasteiger partial charge on any atom is 0.186 e. The van der Waals surface area contributed by atoms with E-state index < -0.39 is 0 Å². The molecule has 0 aliphatic heterocycles. The summed E-state index contributed by atoms with van der Waals surface area (Å²) in [5, 5.41) is 2.11. The van der Waals surface area contributed by atoms with Gasteiger partial charge in [0.1, 0.15) is 30.5 Å². The van der Waals surface area contributed by atoms with E-state index in [1.54, 1.807) is 11.3 Å². The Kier molecular flexibility index (Phi) is 8.79. The van der Waals surface area contributed by atoms with Crippen LogP contribution in [0.5, 0.6) is 11.5 Å². The molecule has 0 saturated carbocycles. The number of hydrogen-bond acceptors (Lipinski definition) is 6. The van der Waals surface area contributed by atoms with Crippen LogP contribution < -0.4 is 9.47 Å². The van der Waals surface area contributed by atoms with Crippen molar-refractivity contribution in [2.75, 3.05) is 0 Å². The minimum atomic E-state index is -0.146. The van der Waals surface area contributed by atoms with Gasteiger partial charge in [-0.1, -0.05) is 72.8 Å². The van der Waals surface area contributed by atoms with Crippen LogP contribution >= 0.6 is 24.0 Å². The number of thiophene rings is 1. The first-order valence-corrected chi connectivity index (χ1v) is 17.7. The van der Waals surface area contributed by atoms with Crippen LogP contribution in [0, 0.1) is 0 Å². The smallest absolute Gasteiger partial charge is 0.186 e. The summed E-state index contributed by atoms with van der Waals surface area (Å²) in [6.07, 6.45) is 0.870. The molecule has 3 heterocycles. The quantitative estimate of drug-likeness (QED) is 0.137. The summed E-state index contributed by atoms with van der Waals surface area (Å²) in [6.45, 7) is 0.657. The highest BCUT2D eigenvalue weighted by Crippen LogP contribution is 2.46. The number of thiol groups is 1. The lowest BCUT2D eigenvalue weighted by Crippen LogP contribution is -2.04. The van der Waals surface area contributed by atoms with Gasteiger partial charge in [0, 0.05) is 34.0 Å². The predicted molar refractivity (Wildman–Crippen MR) is 206 cm³/mol. The number of carbonyl (C=O) groups is 1. The molecule has 0 radical (unpaired) electrons. The van der Waals surface area contributed by atoms with E-state index in [2.05, 4.69) is 83.9 Å². The average Bonchev–Trinajstić information content (AvgIpc) is 3.72. The number of aromatic nitrogens is 3. The Morgan fingerprint density at radius 2 is 1.50 bits per heavy atom. The van der Waals surface area contributed by atoms with Crippen LogP contribution in [-0.2, 0) is 31.5 Å². The largest absolute Gasteiger partial charge is 0.487 e. The molecule has 0 unspecified atom stereocenters. The van der Waals surface area contributed by atoms with Crippen LogP contribution in [0.4, 0.5) is 0 Å². The number of para-hydroxylation sites is 3. The van der Waals surface area contributed by atoms with E-state index in [-0.39, 0.29) is 5.12 Å². The molecule has 3 aromatic heterocycles. The highest BCUT2D eigenvalue weighted by molar-refractivity contribution is 7.96. The van der Waals surface area contributed by atoms with Gasteiger partial charge in [-0.15, -0.1) is 24.0 Å². The van der Waals surface area contributed by atoms with E-state index in [1.165, 1.54) is 10.1 Å². The van der Waals surface area contributed by atoms with Crippen molar-refractivity contribution in [3.8, 4) is 33.1 Å². The van der Waals surface area contributed by atoms with Crippen molar-refractivity contribution in [3.63, 3.8) is 0 Å². The Morgan fingerprint density at radius 3 is 2.30 bits per heavy atom. The van der Waals surface area contributed by atoms with E-state index >= 15 is 0 Å². The number of aryl methyl sites for hydroxylation is 2. The lowest BCUT2D eigenvalue weighted by Gasteiger charge is -2.19. The summed E-state index contributed by atoms with van der Waals surface area (Å²) < 4.78 is 16.1. The van der Waals surface area contributed by atoms with Crippen LogP contribution in [-0.4, -0.2) is 19.7 Å². The summed E-state index contributed by atoms with van der Waals surface area (Å²) >= 11 is 5.83. The zero-order valence-corrected chi connectivity index (χ0v) is 29.1. The first kappa shape index (κ1) is 31.8. The van der Waals surface area contributed by atoms with Crippen molar-refractivity contribution in [1.29, 1.82) is 0 Å². The predicted octanol–water partition coefficient (Wildman–Crippen LogP) is 10.2. The van der Waals surface area contributed by atoms with Gasteiger partial charge in [-0.25, -0.2) is 9.97 Å². The van der Waals surface area contributed by atoms with Crippen molar-refractivity contribution in [2.24, 2.45) is 7.05 Å². The Morgan fingerprint density at radius 1 is 0.740 bits per heavy atom. The molecule has 0 spiro atoms. The number of nitrogens with zero attached hydrogens (tertiary/aromatic N) is 3. The van der Waals surface area contributed by atoms with E-state index in [0.717, 1.165) is 72.1 Å². The lowest BCUT2D eigenvalue weighted by atomic mass is 9.90. The van der Waals surface area contributed by atoms with Gasteiger partial charge in [-0.05, 0) is 83.1 Å². The second-order valence-corrected chi connectivity index (χ2v) is 13.8. The first-order chi connectivity index (χ1) is 24.5. The monoisotopic (exact) mass is 691 g/mol. The topological polar surface area (TPSA) is 66.2 Å². The molecule has 0 amide bonds. The number of carbonyl (C=O) groups excluding carboxylic acids is 1. The molecule has 0 aliphatic carbocycles. The zero-order chi connectivity index (χ0) is 34.0. The molecule has 8 aromatic rings. The van der Waals surface area contributed by atoms with Gasteiger partial charge in [0.15, 0.2) is 5.12 Å². The Bertz CT molecular complexity index is 2470. The second kappa shape index (κ2) is 13.8. The van der Waals surface area contributed by atoms with Crippen LogP contribution in [0.25, 0.3) is 53.6 Å². The van der Waals surface area contributed by atoms with E-state index in [0.29, 0.717) is 26.1 Å². The number of fused-ring (bicyclic) bond motifs is 3. The average molecular weight is 692 g/mol. The molecule has 0 N–H and O–H groups in total. The van der Waals surface area contributed by atoms with Gasteiger partial charge in [-0.3, -0.25) is 4.79 Å². The molecular weight excluding hydrogens is 659 g/mol. The fraction of sp³-hybridized carbons (Fsp3) is 0.119. The Balaban J connectivity index is 1.18. The standard InChI is InChI=1S/C42H33N3O3S2/c1-45-35-12-6-5-11-34(35)44-39(45)26-47-32-20-15-28(16-21-32)41-29(18-23-40(46)49)17-22-36(42(41)38-24-30-9-3-7-13-37(30)50-38)48-25-31-19-14-27-8-2-4-10-33(27)43-31/h2-17,19-22,24H,18,23,25-26H2,1H3,(H,46,49). The second-order valence-electron chi connectivity index (χ2n) is 12.2.